The Morgan fingerprint density at radius 1 is 1.00 bits per heavy atom. The van der Waals surface area contributed by atoms with Crippen molar-refractivity contribution in [2.45, 2.75) is 11.4 Å². The van der Waals surface area contributed by atoms with Crippen LogP contribution in [0.5, 0.6) is 5.75 Å². The summed E-state index contributed by atoms with van der Waals surface area (Å²) in [5.41, 5.74) is 0.0113. The van der Waals surface area contributed by atoms with Crippen molar-refractivity contribution in [1.29, 1.82) is 0 Å². The highest BCUT2D eigenvalue weighted by Crippen LogP contribution is 2.29. The highest BCUT2D eigenvalue weighted by Gasteiger charge is 2.27. The van der Waals surface area contributed by atoms with Gasteiger partial charge in [-0.25, -0.2) is 21.6 Å². The zero-order valence-corrected chi connectivity index (χ0v) is 17.9. The third-order valence-corrected chi connectivity index (χ3v) is 6.47. The van der Waals surface area contributed by atoms with E-state index in [1.165, 1.54) is 26.3 Å². The fourth-order valence-corrected chi connectivity index (χ4v) is 4.27. The standard InChI is InChI=1S/C22H19F3N2O4S/c1-27(13-14-6-4-3-5-7-14)32(29,30)19-12-15(8-11-18(19)31-2)22(28)26-17-10-9-16(23)20(24)21(17)25/h3-12H,13H2,1-2H3,(H,26,28). The largest absolute Gasteiger partial charge is 0.495 e. The summed E-state index contributed by atoms with van der Waals surface area (Å²) in [4.78, 5) is 12.3. The number of sulfonamides is 1. The molecule has 0 saturated heterocycles. The minimum absolute atomic E-state index is 0.000434. The molecule has 0 aromatic heterocycles. The summed E-state index contributed by atoms with van der Waals surface area (Å²) in [6.07, 6.45) is 0. The Bertz CT molecular complexity index is 1250. The maximum atomic E-state index is 13.9. The Morgan fingerprint density at radius 3 is 2.34 bits per heavy atom. The van der Waals surface area contributed by atoms with Gasteiger partial charge in [-0.05, 0) is 35.9 Å². The van der Waals surface area contributed by atoms with E-state index >= 15 is 0 Å². The molecule has 0 fully saturated rings. The van der Waals surface area contributed by atoms with Crippen LogP contribution in [-0.4, -0.2) is 32.8 Å². The van der Waals surface area contributed by atoms with Gasteiger partial charge in [0.1, 0.15) is 10.6 Å². The van der Waals surface area contributed by atoms with Crippen LogP contribution in [0.1, 0.15) is 15.9 Å². The third kappa shape index (κ3) is 4.76. The molecule has 168 valence electrons. The van der Waals surface area contributed by atoms with E-state index < -0.39 is 39.1 Å². The lowest BCUT2D eigenvalue weighted by Gasteiger charge is -2.19. The van der Waals surface area contributed by atoms with Crippen LogP contribution in [0.3, 0.4) is 0 Å². The molecule has 1 amide bonds. The van der Waals surface area contributed by atoms with Gasteiger partial charge >= 0.3 is 0 Å². The highest BCUT2D eigenvalue weighted by atomic mass is 32.2. The number of benzene rings is 3. The maximum Gasteiger partial charge on any atom is 0.255 e. The molecule has 3 aromatic rings. The van der Waals surface area contributed by atoms with Crippen molar-refractivity contribution in [3.05, 3.63) is 89.2 Å². The van der Waals surface area contributed by atoms with E-state index in [9.17, 15) is 26.4 Å². The summed E-state index contributed by atoms with van der Waals surface area (Å²) in [6, 6.07) is 14.0. The number of hydrogen-bond acceptors (Lipinski definition) is 4. The molecule has 32 heavy (non-hydrogen) atoms. The Kier molecular flexibility index (Phi) is 6.85. The fraction of sp³-hybridized carbons (Fsp3) is 0.136. The maximum absolute atomic E-state index is 13.9. The van der Waals surface area contributed by atoms with Crippen LogP contribution >= 0.6 is 0 Å². The van der Waals surface area contributed by atoms with Crippen molar-refractivity contribution in [2.24, 2.45) is 0 Å². The average Bonchev–Trinajstić information content (AvgIpc) is 2.79. The lowest BCUT2D eigenvalue weighted by atomic mass is 10.2. The van der Waals surface area contributed by atoms with Crippen LogP contribution in [-0.2, 0) is 16.6 Å². The second-order valence-corrected chi connectivity index (χ2v) is 8.80. The number of amides is 1. The van der Waals surface area contributed by atoms with Gasteiger partial charge in [0, 0.05) is 19.2 Å². The molecule has 0 saturated carbocycles. The molecular formula is C22H19F3N2O4S. The number of rotatable bonds is 7. The fourth-order valence-electron chi connectivity index (χ4n) is 2.93. The summed E-state index contributed by atoms with van der Waals surface area (Å²) in [5, 5.41) is 2.11. The molecule has 0 aliphatic carbocycles. The predicted molar refractivity (Wildman–Crippen MR) is 112 cm³/mol. The number of nitrogens with one attached hydrogen (secondary N) is 1. The number of hydrogen-bond donors (Lipinski definition) is 1. The Labute approximate surface area is 183 Å². The lowest BCUT2D eigenvalue weighted by Crippen LogP contribution is -2.27. The minimum Gasteiger partial charge on any atom is -0.495 e. The van der Waals surface area contributed by atoms with Gasteiger partial charge in [0.25, 0.3) is 5.91 Å². The zero-order valence-electron chi connectivity index (χ0n) is 17.1. The number of carbonyl (C=O) groups is 1. The minimum atomic E-state index is -4.08. The molecule has 0 bridgehead atoms. The lowest BCUT2D eigenvalue weighted by molar-refractivity contribution is 0.102. The number of halogens is 3. The number of methoxy groups -OCH3 is 1. The molecule has 0 spiro atoms. The molecule has 3 aromatic carbocycles. The van der Waals surface area contributed by atoms with Crippen molar-refractivity contribution in [2.75, 3.05) is 19.5 Å². The normalized spacial score (nSPS) is 11.4. The van der Waals surface area contributed by atoms with Gasteiger partial charge in [-0.2, -0.15) is 4.31 Å². The molecule has 0 aliphatic heterocycles. The number of ether oxygens (including phenoxy) is 1. The quantitative estimate of drug-likeness (QED) is 0.532. The molecule has 0 radical (unpaired) electrons. The second kappa shape index (κ2) is 9.41. The Hall–Kier alpha value is -3.37. The summed E-state index contributed by atoms with van der Waals surface area (Å²) >= 11 is 0. The number of nitrogens with zero attached hydrogens (tertiary/aromatic N) is 1. The van der Waals surface area contributed by atoms with Crippen molar-refractivity contribution in [1.82, 2.24) is 4.31 Å². The van der Waals surface area contributed by atoms with E-state index in [4.69, 9.17) is 4.74 Å². The smallest absolute Gasteiger partial charge is 0.255 e. The molecule has 0 unspecified atom stereocenters. The molecule has 3 rings (SSSR count). The topological polar surface area (TPSA) is 75.7 Å². The first kappa shape index (κ1) is 23.3. The first-order valence-electron chi connectivity index (χ1n) is 9.28. The molecule has 1 N–H and O–H groups in total. The summed E-state index contributed by atoms with van der Waals surface area (Å²) in [5.74, 6) is -5.62. The van der Waals surface area contributed by atoms with Crippen molar-refractivity contribution < 1.29 is 31.1 Å². The summed E-state index contributed by atoms with van der Waals surface area (Å²) in [6.45, 7) is 0.0722. The Balaban J connectivity index is 1.92. The number of anilines is 1. The molecular weight excluding hydrogens is 445 g/mol. The molecule has 0 aliphatic rings. The Morgan fingerprint density at radius 2 is 1.69 bits per heavy atom. The number of carbonyl (C=O) groups excluding carboxylic acids is 1. The first-order valence-corrected chi connectivity index (χ1v) is 10.7. The van der Waals surface area contributed by atoms with E-state index in [1.807, 2.05) is 0 Å². The monoisotopic (exact) mass is 464 g/mol. The van der Waals surface area contributed by atoms with Gasteiger partial charge in [-0.1, -0.05) is 30.3 Å². The molecule has 0 atom stereocenters. The van der Waals surface area contributed by atoms with Gasteiger partial charge in [0.05, 0.1) is 12.8 Å². The second-order valence-electron chi connectivity index (χ2n) is 6.79. The van der Waals surface area contributed by atoms with E-state index in [0.29, 0.717) is 6.07 Å². The SMILES string of the molecule is COc1ccc(C(=O)Nc2ccc(F)c(F)c2F)cc1S(=O)(=O)N(C)Cc1ccccc1. The van der Waals surface area contributed by atoms with E-state index in [0.717, 1.165) is 22.0 Å². The van der Waals surface area contributed by atoms with Gasteiger partial charge in [-0.3, -0.25) is 4.79 Å². The first-order chi connectivity index (χ1) is 15.1. The zero-order chi connectivity index (χ0) is 23.5. The van der Waals surface area contributed by atoms with Crippen LogP contribution in [0, 0.1) is 17.5 Å². The van der Waals surface area contributed by atoms with Crippen molar-refractivity contribution in [3.8, 4) is 5.75 Å². The van der Waals surface area contributed by atoms with Crippen molar-refractivity contribution in [3.63, 3.8) is 0 Å². The third-order valence-electron chi connectivity index (χ3n) is 4.65. The van der Waals surface area contributed by atoms with Crippen LogP contribution < -0.4 is 10.1 Å². The van der Waals surface area contributed by atoms with Gasteiger partial charge in [0.2, 0.25) is 10.0 Å². The average molecular weight is 464 g/mol. The molecule has 0 heterocycles. The summed E-state index contributed by atoms with van der Waals surface area (Å²) in [7, 11) is -1.42. The van der Waals surface area contributed by atoms with Gasteiger partial charge < -0.3 is 10.1 Å². The van der Waals surface area contributed by atoms with Crippen molar-refractivity contribution >= 4 is 21.6 Å². The predicted octanol–water partition coefficient (Wildman–Crippen LogP) is 4.19. The van der Waals surface area contributed by atoms with Crippen LogP contribution in [0.15, 0.2) is 65.6 Å². The molecule has 10 heteroatoms. The summed E-state index contributed by atoms with van der Waals surface area (Å²) < 4.78 is 73.0. The van der Waals surface area contributed by atoms with E-state index in [2.05, 4.69) is 5.32 Å². The highest BCUT2D eigenvalue weighted by molar-refractivity contribution is 7.89. The van der Waals surface area contributed by atoms with Crippen LogP contribution in [0.25, 0.3) is 0 Å². The van der Waals surface area contributed by atoms with Gasteiger partial charge in [-0.15, -0.1) is 0 Å². The molecule has 6 nitrogen and oxygen atoms in total. The van der Waals surface area contributed by atoms with Gasteiger partial charge in [0.15, 0.2) is 17.5 Å². The van der Waals surface area contributed by atoms with Crippen LogP contribution in [0.4, 0.5) is 18.9 Å². The van der Waals surface area contributed by atoms with Crippen LogP contribution in [0.2, 0.25) is 0 Å². The van der Waals surface area contributed by atoms with E-state index in [-0.39, 0.29) is 22.8 Å². The van der Waals surface area contributed by atoms with E-state index in [1.54, 1.807) is 30.3 Å².